The zero-order valence-electron chi connectivity index (χ0n) is 7.58. The number of hydrogen-bond donors (Lipinski definition) is 1. The lowest BCUT2D eigenvalue weighted by molar-refractivity contribution is 0.580. The van der Waals surface area contributed by atoms with Crippen LogP contribution in [-0.4, -0.2) is 10.2 Å². The predicted octanol–water partition coefficient (Wildman–Crippen LogP) is 1.99. The molecule has 2 rings (SSSR count). The fraction of sp³-hybridized carbons (Fsp3) is 0.111. The molecule has 0 saturated carbocycles. The van der Waals surface area contributed by atoms with E-state index in [1.807, 2.05) is 0 Å². The van der Waals surface area contributed by atoms with E-state index in [2.05, 4.69) is 10.2 Å². The molecule has 15 heavy (non-hydrogen) atoms. The van der Waals surface area contributed by atoms with Crippen LogP contribution < -0.4 is 5.73 Å². The molecule has 1 heterocycles. The van der Waals surface area contributed by atoms with Crippen molar-refractivity contribution in [1.29, 1.82) is 0 Å². The van der Waals surface area contributed by atoms with Crippen molar-refractivity contribution in [2.24, 2.45) is 0 Å². The standard InChI is InChI=1S/C9H7F2N3S/c10-6-1-5(2-7(11)4-6)3-8-13-14-9(12)15-8/h1-2,4H,3H2,(H2,12,14). The van der Waals surface area contributed by atoms with Crippen molar-refractivity contribution < 1.29 is 8.78 Å². The van der Waals surface area contributed by atoms with Crippen LogP contribution in [0, 0.1) is 11.6 Å². The third-order valence-corrected chi connectivity index (χ3v) is 2.51. The van der Waals surface area contributed by atoms with Crippen molar-refractivity contribution in [3.05, 3.63) is 40.4 Å². The average Bonchev–Trinajstić information content (AvgIpc) is 2.49. The van der Waals surface area contributed by atoms with Gasteiger partial charge >= 0.3 is 0 Å². The number of nitrogens with zero attached hydrogens (tertiary/aromatic N) is 2. The molecule has 0 radical (unpaired) electrons. The van der Waals surface area contributed by atoms with Crippen molar-refractivity contribution >= 4 is 16.5 Å². The minimum atomic E-state index is -0.595. The first-order chi connectivity index (χ1) is 7.13. The van der Waals surface area contributed by atoms with Gasteiger partial charge in [-0.3, -0.25) is 0 Å². The van der Waals surface area contributed by atoms with Crippen LogP contribution >= 0.6 is 11.3 Å². The van der Waals surface area contributed by atoms with E-state index in [1.54, 1.807) is 0 Å². The van der Waals surface area contributed by atoms with E-state index in [-0.39, 0.29) is 0 Å². The quantitative estimate of drug-likeness (QED) is 0.853. The van der Waals surface area contributed by atoms with Gasteiger partial charge in [-0.15, -0.1) is 10.2 Å². The molecule has 78 valence electrons. The van der Waals surface area contributed by atoms with Crippen LogP contribution in [0.3, 0.4) is 0 Å². The molecule has 0 aliphatic rings. The molecule has 2 N–H and O–H groups in total. The van der Waals surface area contributed by atoms with E-state index in [4.69, 9.17) is 5.73 Å². The highest BCUT2D eigenvalue weighted by molar-refractivity contribution is 7.15. The minimum absolute atomic E-state index is 0.337. The number of benzene rings is 1. The summed E-state index contributed by atoms with van der Waals surface area (Å²) in [5.74, 6) is -1.19. The molecule has 2 aromatic rings. The molecule has 0 aliphatic heterocycles. The molecule has 0 aliphatic carbocycles. The third kappa shape index (κ3) is 2.47. The highest BCUT2D eigenvalue weighted by Gasteiger charge is 2.05. The topological polar surface area (TPSA) is 51.8 Å². The Hall–Kier alpha value is -1.56. The molecule has 3 nitrogen and oxygen atoms in total. The predicted molar refractivity (Wildman–Crippen MR) is 53.5 cm³/mol. The van der Waals surface area contributed by atoms with Crippen LogP contribution in [0.5, 0.6) is 0 Å². The van der Waals surface area contributed by atoms with Crippen LogP contribution in [0.25, 0.3) is 0 Å². The lowest BCUT2D eigenvalue weighted by atomic mass is 10.1. The van der Waals surface area contributed by atoms with Gasteiger partial charge in [0.1, 0.15) is 16.6 Å². The second kappa shape index (κ2) is 3.90. The summed E-state index contributed by atoms with van der Waals surface area (Å²) in [6.45, 7) is 0. The first kappa shape index (κ1) is 9.97. The second-order valence-corrected chi connectivity index (χ2v) is 4.08. The van der Waals surface area contributed by atoms with Gasteiger partial charge in [-0.05, 0) is 17.7 Å². The molecule has 0 fully saturated rings. The number of nitrogen functional groups attached to an aromatic ring is 1. The van der Waals surface area contributed by atoms with Gasteiger partial charge in [0, 0.05) is 12.5 Å². The Morgan fingerprint density at radius 2 is 1.80 bits per heavy atom. The second-order valence-electron chi connectivity index (χ2n) is 2.99. The number of halogens is 2. The zero-order chi connectivity index (χ0) is 10.8. The SMILES string of the molecule is Nc1nnc(Cc2cc(F)cc(F)c2)s1. The maximum atomic E-state index is 12.8. The van der Waals surface area contributed by atoms with Crippen molar-refractivity contribution in [3.63, 3.8) is 0 Å². The zero-order valence-corrected chi connectivity index (χ0v) is 8.39. The Morgan fingerprint density at radius 1 is 1.13 bits per heavy atom. The highest BCUT2D eigenvalue weighted by atomic mass is 32.1. The summed E-state index contributed by atoms with van der Waals surface area (Å²) < 4.78 is 25.7. The monoisotopic (exact) mass is 227 g/mol. The fourth-order valence-corrected chi connectivity index (χ4v) is 1.87. The molecule has 1 aromatic heterocycles. The van der Waals surface area contributed by atoms with E-state index in [9.17, 15) is 8.78 Å². The first-order valence-electron chi connectivity index (χ1n) is 4.16. The summed E-state index contributed by atoms with van der Waals surface area (Å²) in [4.78, 5) is 0. The Bertz CT molecular complexity index is 464. The average molecular weight is 227 g/mol. The van der Waals surface area contributed by atoms with Gasteiger partial charge in [0.15, 0.2) is 0 Å². The summed E-state index contributed by atoms with van der Waals surface area (Å²) in [6, 6.07) is 3.36. The number of hydrogen-bond acceptors (Lipinski definition) is 4. The summed E-state index contributed by atoms with van der Waals surface area (Å²) >= 11 is 1.20. The fourth-order valence-electron chi connectivity index (χ4n) is 1.23. The van der Waals surface area contributed by atoms with Gasteiger partial charge in [0.25, 0.3) is 0 Å². The molecule has 6 heteroatoms. The molecular weight excluding hydrogens is 220 g/mol. The molecule has 0 saturated heterocycles. The Balaban J connectivity index is 2.24. The number of aromatic nitrogens is 2. The van der Waals surface area contributed by atoms with Gasteiger partial charge in [-0.1, -0.05) is 11.3 Å². The Labute approximate surface area is 88.6 Å². The Morgan fingerprint density at radius 3 is 2.33 bits per heavy atom. The van der Waals surface area contributed by atoms with Gasteiger partial charge in [0.05, 0.1) is 0 Å². The van der Waals surface area contributed by atoms with E-state index in [0.29, 0.717) is 22.1 Å². The molecule has 0 atom stereocenters. The number of rotatable bonds is 2. The summed E-state index contributed by atoms with van der Waals surface area (Å²) in [7, 11) is 0. The van der Waals surface area contributed by atoms with Crippen LogP contribution in [0.15, 0.2) is 18.2 Å². The van der Waals surface area contributed by atoms with Gasteiger partial charge in [0.2, 0.25) is 5.13 Å². The lowest BCUT2D eigenvalue weighted by Gasteiger charge is -1.98. The number of nitrogens with two attached hydrogens (primary N) is 1. The van der Waals surface area contributed by atoms with Crippen LogP contribution in [0.4, 0.5) is 13.9 Å². The van der Waals surface area contributed by atoms with Crippen LogP contribution in [0.2, 0.25) is 0 Å². The molecular formula is C9H7F2N3S. The van der Waals surface area contributed by atoms with Crippen molar-refractivity contribution in [1.82, 2.24) is 10.2 Å². The van der Waals surface area contributed by atoms with E-state index in [1.165, 1.54) is 23.5 Å². The minimum Gasteiger partial charge on any atom is -0.374 e. The lowest BCUT2D eigenvalue weighted by Crippen LogP contribution is -1.90. The Kier molecular flexibility index (Phi) is 2.59. The number of anilines is 1. The molecule has 1 aromatic carbocycles. The highest BCUT2D eigenvalue weighted by Crippen LogP contribution is 2.17. The summed E-state index contributed by atoms with van der Waals surface area (Å²) in [6.07, 6.45) is 0.337. The van der Waals surface area contributed by atoms with Crippen LogP contribution in [0.1, 0.15) is 10.6 Å². The van der Waals surface area contributed by atoms with Gasteiger partial charge in [-0.2, -0.15) is 0 Å². The van der Waals surface area contributed by atoms with Crippen molar-refractivity contribution in [2.75, 3.05) is 5.73 Å². The maximum Gasteiger partial charge on any atom is 0.203 e. The van der Waals surface area contributed by atoms with Crippen molar-refractivity contribution in [2.45, 2.75) is 6.42 Å². The molecule has 0 unspecified atom stereocenters. The third-order valence-electron chi connectivity index (χ3n) is 1.76. The van der Waals surface area contributed by atoms with Crippen LogP contribution in [-0.2, 0) is 6.42 Å². The molecule has 0 bridgehead atoms. The van der Waals surface area contributed by atoms with Crippen molar-refractivity contribution in [3.8, 4) is 0 Å². The van der Waals surface area contributed by atoms with Gasteiger partial charge < -0.3 is 5.73 Å². The summed E-state index contributed by atoms with van der Waals surface area (Å²) in [5.41, 5.74) is 5.91. The van der Waals surface area contributed by atoms with E-state index >= 15 is 0 Å². The molecule has 0 spiro atoms. The smallest absolute Gasteiger partial charge is 0.203 e. The van der Waals surface area contributed by atoms with Gasteiger partial charge in [-0.25, -0.2) is 8.78 Å². The normalized spacial score (nSPS) is 10.5. The largest absolute Gasteiger partial charge is 0.374 e. The first-order valence-corrected chi connectivity index (χ1v) is 4.98. The van der Waals surface area contributed by atoms with E-state index < -0.39 is 11.6 Å². The van der Waals surface area contributed by atoms with E-state index in [0.717, 1.165) is 6.07 Å². The molecule has 0 amide bonds. The maximum absolute atomic E-state index is 12.8. The summed E-state index contributed by atoms with van der Waals surface area (Å²) in [5, 5.41) is 8.37.